The molecular weight excluding hydrogens is 176 g/mol. The fourth-order valence-corrected chi connectivity index (χ4v) is 1.98. The van der Waals surface area contributed by atoms with Gasteiger partial charge in [-0.05, 0) is 12.8 Å². The maximum atomic E-state index is 5.33. The van der Waals surface area contributed by atoms with Gasteiger partial charge in [0.1, 0.15) is 5.52 Å². The maximum Gasteiger partial charge on any atom is 0.154 e. The SMILES string of the molecule is c1cc2ncc(N3CCCC3)cc2o1. The first kappa shape index (κ1) is 7.85. The standard InChI is InChI=1S/C11H12N2O/c1-2-5-13(4-1)9-7-11-10(12-8-9)3-6-14-11/h3,6-8H,1-2,4-5H2. The molecule has 2 aromatic rings. The molecule has 0 atom stereocenters. The van der Waals surface area contributed by atoms with Crippen molar-refractivity contribution in [2.24, 2.45) is 0 Å². The number of anilines is 1. The van der Waals surface area contributed by atoms with E-state index in [9.17, 15) is 0 Å². The van der Waals surface area contributed by atoms with Crippen LogP contribution in [-0.2, 0) is 0 Å². The third kappa shape index (κ3) is 1.16. The molecule has 72 valence electrons. The van der Waals surface area contributed by atoms with Gasteiger partial charge in [-0.25, -0.2) is 0 Å². The molecule has 2 aromatic heterocycles. The largest absolute Gasteiger partial charge is 0.463 e. The van der Waals surface area contributed by atoms with Crippen LogP contribution < -0.4 is 4.90 Å². The third-order valence-corrected chi connectivity index (χ3v) is 2.76. The van der Waals surface area contributed by atoms with Crippen molar-refractivity contribution in [1.82, 2.24) is 4.98 Å². The molecule has 0 spiro atoms. The zero-order valence-electron chi connectivity index (χ0n) is 7.94. The molecular formula is C11H12N2O. The summed E-state index contributed by atoms with van der Waals surface area (Å²) in [5, 5.41) is 0. The highest BCUT2D eigenvalue weighted by atomic mass is 16.3. The summed E-state index contributed by atoms with van der Waals surface area (Å²) in [4.78, 5) is 6.71. The van der Waals surface area contributed by atoms with Crippen LogP contribution in [-0.4, -0.2) is 18.1 Å². The molecule has 0 bridgehead atoms. The van der Waals surface area contributed by atoms with Crippen molar-refractivity contribution in [3.63, 3.8) is 0 Å². The van der Waals surface area contributed by atoms with Crippen LogP contribution in [0.5, 0.6) is 0 Å². The average Bonchev–Trinajstić information content (AvgIpc) is 2.88. The second kappa shape index (κ2) is 3.01. The zero-order valence-corrected chi connectivity index (χ0v) is 7.94. The van der Waals surface area contributed by atoms with Crippen LogP contribution in [0, 0.1) is 0 Å². The Hall–Kier alpha value is -1.51. The monoisotopic (exact) mass is 188 g/mol. The summed E-state index contributed by atoms with van der Waals surface area (Å²) in [7, 11) is 0. The van der Waals surface area contributed by atoms with Crippen LogP contribution in [0.25, 0.3) is 11.1 Å². The Labute approximate surface area is 82.3 Å². The number of pyridine rings is 1. The molecule has 0 N–H and O–H groups in total. The Kier molecular flexibility index (Phi) is 1.69. The average molecular weight is 188 g/mol. The van der Waals surface area contributed by atoms with Gasteiger partial charge < -0.3 is 9.32 Å². The highest BCUT2D eigenvalue weighted by Crippen LogP contribution is 2.23. The number of rotatable bonds is 1. The Balaban J connectivity index is 2.04. The zero-order chi connectivity index (χ0) is 9.38. The van der Waals surface area contributed by atoms with E-state index in [0.29, 0.717) is 0 Å². The Morgan fingerprint density at radius 2 is 2.14 bits per heavy atom. The minimum atomic E-state index is 0.884. The van der Waals surface area contributed by atoms with Crippen molar-refractivity contribution < 1.29 is 4.42 Å². The summed E-state index contributed by atoms with van der Waals surface area (Å²) in [6, 6.07) is 3.97. The van der Waals surface area contributed by atoms with Gasteiger partial charge in [0.25, 0.3) is 0 Å². The molecule has 14 heavy (non-hydrogen) atoms. The third-order valence-electron chi connectivity index (χ3n) is 2.76. The lowest BCUT2D eigenvalue weighted by Gasteiger charge is -2.16. The van der Waals surface area contributed by atoms with E-state index in [1.54, 1.807) is 6.26 Å². The molecule has 3 nitrogen and oxygen atoms in total. The predicted octanol–water partition coefficient (Wildman–Crippen LogP) is 2.43. The van der Waals surface area contributed by atoms with Crippen molar-refractivity contribution in [2.75, 3.05) is 18.0 Å². The summed E-state index contributed by atoms with van der Waals surface area (Å²) >= 11 is 0. The first-order chi connectivity index (χ1) is 6.93. The van der Waals surface area contributed by atoms with Crippen molar-refractivity contribution in [1.29, 1.82) is 0 Å². The van der Waals surface area contributed by atoms with Crippen LogP contribution in [0.2, 0.25) is 0 Å². The van der Waals surface area contributed by atoms with Gasteiger partial charge in [0.15, 0.2) is 5.58 Å². The van der Waals surface area contributed by atoms with E-state index in [-0.39, 0.29) is 0 Å². The van der Waals surface area contributed by atoms with Crippen molar-refractivity contribution in [2.45, 2.75) is 12.8 Å². The van der Waals surface area contributed by atoms with Crippen LogP contribution >= 0.6 is 0 Å². The number of hydrogen-bond acceptors (Lipinski definition) is 3. The summed E-state index contributed by atoms with van der Waals surface area (Å²) < 4.78 is 5.33. The van der Waals surface area contributed by atoms with E-state index in [2.05, 4.69) is 16.0 Å². The van der Waals surface area contributed by atoms with Crippen LogP contribution in [0.15, 0.2) is 29.0 Å². The smallest absolute Gasteiger partial charge is 0.154 e. The molecule has 0 unspecified atom stereocenters. The minimum Gasteiger partial charge on any atom is -0.463 e. The van der Waals surface area contributed by atoms with Crippen LogP contribution in [0.4, 0.5) is 5.69 Å². The molecule has 0 aromatic carbocycles. The van der Waals surface area contributed by atoms with Crippen LogP contribution in [0.3, 0.4) is 0 Å². The number of nitrogens with zero attached hydrogens (tertiary/aromatic N) is 2. The van der Waals surface area contributed by atoms with Gasteiger partial charge in [0.2, 0.25) is 0 Å². The molecule has 3 heteroatoms. The summed E-state index contributed by atoms with van der Waals surface area (Å²) in [5.41, 5.74) is 3.01. The highest BCUT2D eigenvalue weighted by Gasteiger charge is 2.13. The van der Waals surface area contributed by atoms with E-state index in [1.807, 2.05) is 12.3 Å². The van der Waals surface area contributed by atoms with Gasteiger partial charge in [0.05, 0.1) is 18.1 Å². The molecule has 3 rings (SSSR count). The van der Waals surface area contributed by atoms with E-state index < -0.39 is 0 Å². The summed E-state index contributed by atoms with van der Waals surface area (Å²) in [6.45, 7) is 2.29. The lowest BCUT2D eigenvalue weighted by molar-refractivity contribution is 0.615. The first-order valence-corrected chi connectivity index (χ1v) is 5.02. The Bertz CT molecular complexity index is 443. The maximum absolute atomic E-state index is 5.33. The van der Waals surface area contributed by atoms with Gasteiger partial charge in [-0.3, -0.25) is 4.98 Å². The Morgan fingerprint density at radius 3 is 3.00 bits per heavy atom. The van der Waals surface area contributed by atoms with E-state index in [1.165, 1.54) is 18.5 Å². The van der Waals surface area contributed by atoms with Gasteiger partial charge >= 0.3 is 0 Å². The predicted molar refractivity (Wildman–Crippen MR) is 55.5 cm³/mol. The van der Waals surface area contributed by atoms with Crippen molar-refractivity contribution in [3.05, 3.63) is 24.6 Å². The van der Waals surface area contributed by atoms with E-state index >= 15 is 0 Å². The molecule has 1 fully saturated rings. The Morgan fingerprint density at radius 1 is 1.29 bits per heavy atom. The van der Waals surface area contributed by atoms with Crippen LogP contribution in [0.1, 0.15) is 12.8 Å². The fourth-order valence-electron chi connectivity index (χ4n) is 1.98. The van der Waals surface area contributed by atoms with Crippen molar-refractivity contribution in [3.8, 4) is 0 Å². The topological polar surface area (TPSA) is 29.3 Å². The van der Waals surface area contributed by atoms with Crippen molar-refractivity contribution >= 4 is 16.8 Å². The molecule has 3 heterocycles. The first-order valence-electron chi connectivity index (χ1n) is 5.02. The lowest BCUT2D eigenvalue weighted by atomic mass is 10.3. The normalized spacial score (nSPS) is 16.7. The molecule has 0 aliphatic carbocycles. The molecule has 0 amide bonds. The molecule has 1 aliphatic rings. The fraction of sp³-hybridized carbons (Fsp3) is 0.364. The number of furan rings is 1. The number of hydrogen-bond donors (Lipinski definition) is 0. The summed E-state index contributed by atoms with van der Waals surface area (Å²) in [6.07, 6.45) is 6.20. The highest BCUT2D eigenvalue weighted by molar-refractivity contribution is 5.76. The lowest BCUT2D eigenvalue weighted by Crippen LogP contribution is -2.17. The second-order valence-corrected chi connectivity index (χ2v) is 3.69. The summed E-state index contributed by atoms with van der Waals surface area (Å²) in [5.74, 6) is 0. The molecule has 0 radical (unpaired) electrons. The molecule has 1 aliphatic heterocycles. The van der Waals surface area contributed by atoms with Gasteiger partial charge in [-0.15, -0.1) is 0 Å². The number of fused-ring (bicyclic) bond motifs is 1. The molecule has 0 saturated carbocycles. The van der Waals surface area contributed by atoms with E-state index in [0.717, 1.165) is 24.2 Å². The van der Waals surface area contributed by atoms with Gasteiger partial charge in [0, 0.05) is 25.2 Å². The number of aromatic nitrogens is 1. The van der Waals surface area contributed by atoms with Gasteiger partial charge in [-0.1, -0.05) is 0 Å². The minimum absolute atomic E-state index is 0.884. The second-order valence-electron chi connectivity index (χ2n) is 3.69. The van der Waals surface area contributed by atoms with E-state index in [4.69, 9.17) is 4.42 Å². The van der Waals surface area contributed by atoms with Gasteiger partial charge in [-0.2, -0.15) is 0 Å². The quantitative estimate of drug-likeness (QED) is 0.688. The molecule has 1 saturated heterocycles.